The predicted molar refractivity (Wildman–Crippen MR) is 36.6 cm³/mol. The number of nitrogens with zero attached hydrogens (tertiary/aromatic N) is 1. The molecular weight excluding hydrogens is 167 g/mol. The Morgan fingerprint density at radius 1 is 1.08 bits per heavy atom. The van der Waals surface area contributed by atoms with Crippen molar-refractivity contribution in [2.24, 2.45) is 0 Å². The Hall–Kier alpha value is -1.50. The van der Waals surface area contributed by atoms with Crippen LogP contribution in [0.15, 0.2) is 6.07 Å². The molecule has 12 heavy (non-hydrogen) atoms. The summed E-state index contributed by atoms with van der Waals surface area (Å²) in [6.45, 7) is 1.43. The van der Waals surface area contributed by atoms with Gasteiger partial charge in [0.2, 0.25) is 0 Å². The first-order valence-electron chi connectivity index (χ1n) is 3.12. The van der Waals surface area contributed by atoms with E-state index in [9.17, 15) is 13.2 Å². The Balaban J connectivity index is 0.000000213. The fourth-order valence-corrected chi connectivity index (χ4v) is 0.804. The van der Waals surface area contributed by atoms with Crippen molar-refractivity contribution in [3.63, 3.8) is 0 Å². The van der Waals surface area contributed by atoms with E-state index in [0.717, 1.165) is 0 Å². The molecule has 0 heterocycles. The normalized spacial score (nSPS) is 9.58. The lowest BCUT2D eigenvalue weighted by atomic mass is 10.5. The van der Waals surface area contributed by atoms with Crippen LogP contribution in [0.2, 0.25) is 0 Å². The minimum absolute atomic E-state index is 0.0880. The van der Waals surface area contributed by atoms with Gasteiger partial charge >= 0.3 is 0 Å². The van der Waals surface area contributed by atoms with Crippen LogP contribution in [0.4, 0.5) is 13.2 Å². The number of rotatable bonds is 0. The molecule has 0 atom stereocenters. The van der Waals surface area contributed by atoms with Crippen molar-refractivity contribution in [2.45, 2.75) is 6.92 Å². The Bertz CT molecular complexity index is 339. The molecule has 1 nitrogen and oxygen atoms in total. The molecule has 0 N–H and O–H groups in total. The van der Waals surface area contributed by atoms with Crippen molar-refractivity contribution < 1.29 is 13.2 Å². The van der Waals surface area contributed by atoms with E-state index in [1.54, 1.807) is 6.07 Å². The molecule has 2 rings (SSSR count). The Kier molecular flexibility index (Phi) is 2.05. The van der Waals surface area contributed by atoms with Gasteiger partial charge in [0, 0.05) is 18.1 Å². The van der Waals surface area contributed by atoms with E-state index in [1.165, 1.54) is 13.0 Å². The summed E-state index contributed by atoms with van der Waals surface area (Å²) in [5, 5.41) is 7.32. The standard InChI is InChI=1S/C6HF3.C2H3N/c7-4-2-1-3(2)5(8)6(4)9;1-2-3/h1H;1H3. The van der Waals surface area contributed by atoms with Gasteiger partial charge in [0.05, 0.1) is 6.07 Å². The lowest BCUT2D eigenvalue weighted by molar-refractivity contribution is 0.464. The van der Waals surface area contributed by atoms with Gasteiger partial charge in [-0.1, -0.05) is 0 Å². The van der Waals surface area contributed by atoms with Crippen LogP contribution in [0.3, 0.4) is 0 Å². The van der Waals surface area contributed by atoms with Crippen molar-refractivity contribution in [1.82, 2.24) is 0 Å². The highest BCUT2D eigenvalue weighted by Gasteiger charge is 2.30. The van der Waals surface area contributed by atoms with Crippen LogP contribution in [0.25, 0.3) is 11.1 Å². The van der Waals surface area contributed by atoms with Gasteiger partial charge < -0.3 is 0 Å². The molecule has 4 heteroatoms. The van der Waals surface area contributed by atoms with E-state index in [4.69, 9.17) is 5.26 Å². The summed E-state index contributed by atoms with van der Waals surface area (Å²) in [6.07, 6.45) is 0. The molecule has 2 aliphatic rings. The average molecular weight is 171 g/mol. The number of hydrogen-bond acceptors (Lipinski definition) is 1. The second kappa shape index (κ2) is 2.86. The minimum Gasteiger partial charge on any atom is -0.203 e. The van der Waals surface area contributed by atoms with Gasteiger partial charge in [-0.2, -0.15) is 5.26 Å². The third-order valence-corrected chi connectivity index (χ3v) is 1.35. The number of hydrogen-bond donors (Lipinski definition) is 0. The van der Waals surface area contributed by atoms with Crippen LogP contribution in [-0.4, -0.2) is 0 Å². The molecule has 0 bridgehead atoms. The van der Waals surface area contributed by atoms with Gasteiger partial charge in [-0.25, -0.2) is 13.2 Å². The van der Waals surface area contributed by atoms with Gasteiger partial charge in [0.25, 0.3) is 0 Å². The maximum absolute atomic E-state index is 12.2. The summed E-state index contributed by atoms with van der Waals surface area (Å²) in [4.78, 5) is 0. The first kappa shape index (κ1) is 8.60. The molecule has 0 spiro atoms. The number of halogens is 3. The van der Waals surface area contributed by atoms with Crippen LogP contribution < -0.4 is 0 Å². The summed E-state index contributed by atoms with van der Waals surface area (Å²) in [5.74, 6) is -3.45. The SMILES string of the molecule is CC#N.Fc1c2cc-2c(F)c1F. The number of nitriles is 1. The molecule has 0 amide bonds. The highest BCUT2D eigenvalue weighted by molar-refractivity contribution is 5.82. The average Bonchev–Trinajstić information content (AvgIpc) is 2.76. The van der Waals surface area contributed by atoms with Crippen LogP contribution in [-0.2, 0) is 0 Å². The predicted octanol–water partition coefficient (Wildman–Crippen LogP) is 2.61. The maximum Gasteiger partial charge on any atom is 0.195 e. The third-order valence-electron chi connectivity index (χ3n) is 1.35. The molecular formula is C8H4F3N. The largest absolute Gasteiger partial charge is 0.203 e. The highest BCUT2D eigenvalue weighted by atomic mass is 19.2. The quantitative estimate of drug-likeness (QED) is 0.559. The van der Waals surface area contributed by atoms with Crippen molar-refractivity contribution >= 4 is 0 Å². The van der Waals surface area contributed by atoms with Crippen molar-refractivity contribution in [1.29, 1.82) is 5.26 Å². The van der Waals surface area contributed by atoms with Crippen LogP contribution in [0, 0.1) is 28.8 Å². The zero-order valence-corrected chi connectivity index (χ0v) is 6.16. The van der Waals surface area contributed by atoms with Crippen molar-refractivity contribution in [3.8, 4) is 17.2 Å². The van der Waals surface area contributed by atoms with Gasteiger partial charge in [-0.05, 0) is 6.07 Å². The number of benzene rings is 1. The molecule has 0 saturated carbocycles. The summed E-state index contributed by atoms with van der Waals surface area (Å²) in [7, 11) is 0. The van der Waals surface area contributed by atoms with Crippen molar-refractivity contribution in [2.75, 3.05) is 0 Å². The molecule has 0 aromatic rings. The lowest BCUT2D eigenvalue weighted by Gasteiger charge is -1.78. The Labute approximate surface area is 67.1 Å². The molecule has 0 aromatic carbocycles. The zero-order valence-electron chi connectivity index (χ0n) is 6.16. The molecule has 2 aliphatic carbocycles. The molecule has 0 radical (unpaired) electrons. The maximum atomic E-state index is 12.2. The van der Waals surface area contributed by atoms with E-state index in [1.807, 2.05) is 0 Å². The minimum atomic E-state index is -1.34. The second-order valence-electron chi connectivity index (χ2n) is 2.14. The molecule has 62 valence electrons. The van der Waals surface area contributed by atoms with E-state index in [-0.39, 0.29) is 11.1 Å². The van der Waals surface area contributed by atoms with Crippen molar-refractivity contribution in [3.05, 3.63) is 23.5 Å². The molecule has 0 fully saturated rings. The molecule has 0 unspecified atom stereocenters. The van der Waals surface area contributed by atoms with E-state index >= 15 is 0 Å². The Morgan fingerprint density at radius 3 is 1.58 bits per heavy atom. The van der Waals surface area contributed by atoms with Gasteiger partial charge in [-0.15, -0.1) is 0 Å². The third kappa shape index (κ3) is 1.14. The molecule has 0 aromatic heterocycles. The summed E-state index contributed by atoms with van der Waals surface area (Å²) in [6, 6.07) is 3.02. The van der Waals surface area contributed by atoms with E-state index < -0.39 is 17.5 Å². The van der Waals surface area contributed by atoms with Crippen LogP contribution in [0.5, 0.6) is 0 Å². The second-order valence-corrected chi connectivity index (χ2v) is 2.14. The fraction of sp³-hybridized carbons (Fsp3) is 0.125. The smallest absolute Gasteiger partial charge is 0.195 e. The first-order valence-corrected chi connectivity index (χ1v) is 3.12. The molecule has 0 aliphatic heterocycles. The zero-order chi connectivity index (χ0) is 9.30. The monoisotopic (exact) mass is 171 g/mol. The summed E-state index contributed by atoms with van der Waals surface area (Å²) >= 11 is 0. The van der Waals surface area contributed by atoms with Crippen LogP contribution >= 0.6 is 0 Å². The van der Waals surface area contributed by atoms with Gasteiger partial charge in [-0.3, -0.25) is 0 Å². The van der Waals surface area contributed by atoms with Crippen LogP contribution in [0.1, 0.15) is 6.92 Å². The highest BCUT2D eigenvalue weighted by Crippen LogP contribution is 2.42. The van der Waals surface area contributed by atoms with Gasteiger partial charge in [0.15, 0.2) is 17.5 Å². The number of fused-ring (bicyclic) bond motifs is 1. The summed E-state index contributed by atoms with van der Waals surface area (Å²) < 4.78 is 36.3. The topological polar surface area (TPSA) is 23.8 Å². The van der Waals surface area contributed by atoms with E-state index in [2.05, 4.69) is 0 Å². The lowest BCUT2D eigenvalue weighted by Crippen LogP contribution is -1.76. The summed E-state index contributed by atoms with van der Waals surface area (Å²) in [5.41, 5.74) is 0.176. The fourth-order valence-electron chi connectivity index (χ4n) is 0.804. The first-order chi connectivity index (χ1) is 5.63. The molecule has 0 saturated heterocycles. The Morgan fingerprint density at radius 2 is 1.42 bits per heavy atom. The van der Waals surface area contributed by atoms with Gasteiger partial charge in [0.1, 0.15) is 0 Å². The van der Waals surface area contributed by atoms with E-state index in [0.29, 0.717) is 0 Å².